The van der Waals surface area contributed by atoms with Crippen LogP contribution in [0.4, 0.5) is 0 Å². The number of benzene rings is 1. The SMILES string of the molecule is CO[C@H]1C=C(S(=O)(=O)c2ccccc2)C[C@@H](C)C1. The van der Waals surface area contributed by atoms with Gasteiger partial charge in [-0.15, -0.1) is 0 Å². The van der Waals surface area contributed by atoms with E-state index in [-0.39, 0.29) is 6.10 Å². The summed E-state index contributed by atoms with van der Waals surface area (Å²) in [6.45, 7) is 2.06. The second-order valence-electron chi connectivity index (χ2n) is 4.77. The standard InChI is InChI=1S/C14H18O3S/c1-11-8-12(17-2)10-14(9-11)18(15,16)13-6-4-3-5-7-13/h3-7,10-12H,8-9H2,1-2H3/t11-,12+/m0/s1. The molecule has 0 unspecified atom stereocenters. The number of hydrogen-bond acceptors (Lipinski definition) is 3. The minimum absolute atomic E-state index is 0.0952. The summed E-state index contributed by atoms with van der Waals surface area (Å²) in [6.07, 6.45) is 3.13. The van der Waals surface area contributed by atoms with Gasteiger partial charge in [-0.05, 0) is 37.0 Å². The van der Waals surface area contributed by atoms with Crippen LogP contribution in [-0.4, -0.2) is 21.6 Å². The molecule has 98 valence electrons. The average Bonchev–Trinajstić information content (AvgIpc) is 2.39. The molecule has 1 aromatic rings. The average molecular weight is 266 g/mol. The Hall–Kier alpha value is -1.13. The van der Waals surface area contributed by atoms with Crippen LogP contribution in [0.1, 0.15) is 19.8 Å². The lowest BCUT2D eigenvalue weighted by molar-refractivity contribution is 0.114. The predicted molar refractivity (Wildman–Crippen MR) is 70.9 cm³/mol. The molecule has 2 atom stereocenters. The third-order valence-corrected chi connectivity index (χ3v) is 5.14. The smallest absolute Gasteiger partial charge is 0.202 e. The molecule has 0 amide bonds. The largest absolute Gasteiger partial charge is 0.377 e. The van der Waals surface area contributed by atoms with E-state index in [2.05, 4.69) is 6.92 Å². The van der Waals surface area contributed by atoms with Crippen molar-refractivity contribution in [2.75, 3.05) is 7.11 Å². The van der Waals surface area contributed by atoms with Gasteiger partial charge in [0.1, 0.15) is 0 Å². The van der Waals surface area contributed by atoms with E-state index in [1.807, 2.05) is 6.07 Å². The van der Waals surface area contributed by atoms with Crippen molar-refractivity contribution in [3.8, 4) is 0 Å². The molecule has 2 rings (SSSR count). The molecule has 1 aliphatic rings. The van der Waals surface area contributed by atoms with Crippen molar-refractivity contribution in [2.45, 2.75) is 30.8 Å². The molecule has 1 aromatic carbocycles. The van der Waals surface area contributed by atoms with Crippen molar-refractivity contribution < 1.29 is 13.2 Å². The van der Waals surface area contributed by atoms with E-state index in [1.165, 1.54) is 0 Å². The fourth-order valence-corrected chi connectivity index (χ4v) is 3.93. The van der Waals surface area contributed by atoms with Gasteiger partial charge in [0.15, 0.2) is 0 Å². The van der Waals surface area contributed by atoms with Crippen LogP contribution >= 0.6 is 0 Å². The van der Waals surface area contributed by atoms with Gasteiger partial charge in [-0.1, -0.05) is 25.1 Å². The second-order valence-corrected chi connectivity index (χ2v) is 6.77. The van der Waals surface area contributed by atoms with Crippen molar-refractivity contribution in [3.63, 3.8) is 0 Å². The second kappa shape index (κ2) is 5.24. The molecule has 0 aliphatic heterocycles. The normalized spacial score (nSPS) is 24.7. The first-order valence-electron chi connectivity index (χ1n) is 6.07. The van der Waals surface area contributed by atoms with Crippen LogP contribution in [0.5, 0.6) is 0 Å². The fourth-order valence-electron chi connectivity index (χ4n) is 2.28. The van der Waals surface area contributed by atoms with Gasteiger partial charge in [0, 0.05) is 12.0 Å². The van der Waals surface area contributed by atoms with Gasteiger partial charge in [0.2, 0.25) is 9.84 Å². The Morgan fingerprint density at radius 2 is 1.89 bits per heavy atom. The van der Waals surface area contributed by atoms with E-state index < -0.39 is 9.84 Å². The zero-order valence-electron chi connectivity index (χ0n) is 10.7. The molecular formula is C14H18O3S. The number of sulfone groups is 1. The van der Waals surface area contributed by atoms with Crippen LogP contribution in [0.2, 0.25) is 0 Å². The minimum atomic E-state index is -3.36. The van der Waals surface area contributed by atoms with Crippen molar-refractivity contribution in [2.24, 2.45) is 5.92 Å². The molecule has 0 heterocycles. The van der Waals surface area contributed by atoms with Gasteiger partial charge in [-0.25, -0.2) is 8.42 Å². The van der Waals surface area contributed by atoms with Gasteiger partial charge in [-0.3, -0.25) is 0 Å². The van der Waals surface area contributed by atoms with Crippen molar-refractivity contribution in [1.29, 1.82) is 0 Å². The Morgan fingerprint density at radius 3 is 2.50 bits per heavy atom. The van der Waals surface area contributed by atoms with E-state index >= 15 is 0 Å². The molecule has 0 spiro atoms. The van der Waals surface area contributed by atoms with Gasteiger partial charge >= 0.3 is 0 Å². The highest BCUT2D eigenvalue weighted by Crippen LogP contribution is 2.32. The number of rotatable bonds is 3. The highest BCUT2D eigenvalue weighted by Gasteiger charge is 2.28. The molecular weight excluding hydrogens is 248 g/mol. The molecule has 0 radical (unpaired) electrons. The van der Waals surface area contributed by atoms with Crippen molar-refractivity contribution in [3.05, 3.63) is 41.3 Å². The van der Waals surface area contributed by atoms with Gasteiger partial charge in [-0.2, -0.15) is 0 Å². The summed E-state index contributed by atoms with van der Waals surface area (Å²) in [5, 5.41) is 0. The maximum absolute atomic E-state index is 12.5. The van der Waals surface area contributed by atoms with E-state index in [1.54, 1.807) is 37.5 Å². The highest BCUT2D eigenvalue weighted by atomic mass is 32.2. The third kappa shape index (κ3) is 2.65. The summed E-state index contributed by atoms with van der Waals surface area (Å²) in [6, 6.07) is 8.57. The lowest BCUT2D eigenvalue weighted by atomic mass is 9.94. The molecule has 0 saturated heterocycles. The van der Waals surface area contributed by atoms with Crippen LogP contribution in [0.15, 0.2) is 46.2 Å². The molecule has 1 aliphatic carbocycles. The molecule has 4 heteroatoms. The quantitative estimate of drug-likeness (QED) is 0.845. The fraction of sp³-hybridized carbons (Fsp3) is 0.429. The summed E-state index contributed by atoms with van der Waals surface area (Å²) in [5.41, 5.74) is 0. The molecule has 0 aromatic heterocycles. The zero-order valence-corrected chi connectivity index (χ0v) is 11.5. The van der Waals surface area contributed by atoms with Gasteiger partial charge in [0.05, 0.1) is 11.0 Å². The molecule has 0 saturated carbocycles. The molecule has 3 nitrogen and oxygen atoms in total. The minimum Gasteiger partial charge on any atom is -0.377 e. The maximum Gasteiger partial charge on any atom is 0.202 e. The van der Waals surface area contributed by atoms with Crippen molar-refractivity contribution >= 4 is 9.84 Å². The molecule has 0 N–H and O–H groups in total. The van der Waals surface area contributed by atoms with Crippen LogP contribution in [0.25, 0.3) is 0 Å². The van der Waals surface area contributed by atoms with Gasteiger partial charge < -0.3 is 4.74 Å². The van der Waals surface area contributed by atoms with E-state index in [0.717, 1.165) is 6.42 Å². The lowest BCUT2D eigenvalue weighted by Gasteiger charge is -2.25. The third-order valence-electron chi connectivity index (χ3n) is 3.26. The van der Waals surface area contributed by atoms with E-state index in [4.69, 9.17) is 4.74 Å². The number of ether oxygens (including phenoxy) is 1. The first-order valence-corrected chi connectivity index (χ1v) is 7.56. The monoisotopic (exact) mass is 266 g/mol. The Morgan fingerprint density at radius 1 is 1.22 bits per heavy atom. The Bertz CT molecular complexity index is 531. The first kappa shape index (κ1) is 13.3. The van der Waals surface area contributed by atoms with Crippen LogP contribution in [0, 0.1) is 5.92 Å². The van der Waals surface area contributed by atoms with E-state index in [0.29, 0.717) is 22.1 Å². The summed E-state index contributed by atoms with van der Waals surface area (Å²) in [7, 11) is -1.74. The first-order chi connectivity index (χ1) is 8.54. The summed E-state index contributed by atoms with van der Waals surface area (Å²) >= 11 is 0. The highest BCUT2D eigenvalue weighted by molar-refractivity contribution is 7.95. The maximum atomic E-state index is 12.5. The Labute approximate surface area is 108 Å². The van der Waals surface area contributed by atoms with Gasteiger partial charge in [0.25, 0.3) is 0 Å². The number of allylic oxidation sites excluding steroid dienone is 1. The predicted octanol–water partition coefficient (Wildman–Crippen LogP) is 2.79. The topological polar surface area (TPSA) is 43.4 Å². The van der Waals surface area contributed by atoms with Crippen LogP contribution < -0.4 is 0 Å². The van der Waals surface area contributed by atoms with Crippen molar-refractivity contribution in [1.82, 2.24) is 0 Å². The summed E-state index contributed by atoms with van der Waals surface area (Å²) in [5.74, 6) is 0.327. The summed E-state index contributed by atoms with van der Waals surface area (Å²) in [4.78, 5) is 0.847. The van der Waals surface area contributed by atoms with E-state index in [9.17, 15) is 8.42 Å². The van der Waals surface area contributed by atoms with Crippen LogP contribution in [0.3, 0.4) is 0 Å². The Kier molecular flexibility index (Phi) is 3.88. The zero-order chi connectivity index (χ0) is 13.2. The molecule has 18 heavy (non-hydrogen) atoms. The number of methoxy groups -OCH3 is 1. The molecule has 0 fully saturated rings. The Balaban J connectivity index is 2.39. The molecule has 0 bridgehead atoms. The lowest BCUT2D eigenvalue weighted by Crippen LogP contribution is -2.21. The number of hydrogen-bond donors (Lipinski definition) is 0. The summed E-state index contributed by atoms with van der Waals surface area (Å²) < 4.78 is 30.2. The van der Waals surface area contributed by atoms with Crippen LogP contribution in [-0.2, 0) is 14.6 Å².